The predicted octanol–water partition coefficient (Wildman–Crippen LogP) is 4.26. The predicted molar refractivity (Wildman–Crippen MR) is 138 cm³/mol. The van der Waals surface area contributed by atoms with Crippen LogP contribution in [0.4, 0.5) is 0 Å². The largest absolute Gasteiger partial charge is 0.507 e. The quantitative estimate of drug-likeness (QED) is 0.272. The molecule has 1 saturated heterocycles. The number of aliphatic hydroxyl groups excluding tert-OH is 1. The van der Waals surface area contributed by atoms with E-state index in [4.69, 9.17) is 9.47 Å². The van der Waals surface area contributed by atoms with E-state index in [1.807, 2.05) is 13.8 Å². The normalized spacial score (nSPS) is 17.2. The first-order chi connectivity index (χ1) is 17.3. The van der Waals surface area contributed by atoms with Crippen molar-refractivity contribution < 1.29 is 29.3 Å². The van der Waals surface area contributed by atoms with E-state index < -0.39 is 23.5 Å². The van der Waals surface area contributed by atoms with Crippen LogP contribution in [0.3, 0.4) is 0 Å². The highest BCUT2D eigenvalue weighted by molar-refractivity contribution is 6.46. The average molecular weight is 497 g/mol. The van der Waals surface area contributed by atoms with E-state index in [0.29, 0.717) is 36.6 Å². The van der Waals surface area contributed by atoms with Gasteiger partial charge in [0.1, 0.15) is 11.5 Å². The Kier molecular flexibility index (Phi) is 8.98. The fourth-order valence-corrected chi connectivity index (χ4v) is 4.58. The number of nitrogens with zero attached hydrogens (tertiary/aromatic N) is 2. The van der Waals surface area contributed by atoms with Crippen LogP contribution in [0.25, 0.3) is 5.76 Å². The summed E-state index contributed by atoms with van der Waals surface area (Å²) in [5.41, 5.74) is 1.45. The van der Waals surface area contributed by atoms with Gasteiger partial charge in [0.25, 0.3) is 11.7 Å². The topological polar surface area (TPSA) is 99.5 Å². The van der Waals surface area contributed by atoms with Gasteiger partial charge in [-0.05, 0) is 69.7 Å². The summed E-state index contributed by atoms with van der Waals surface area (Å²) >= 11 is 0. The molecular weight excluding hydrogens is 460 g/mol. The van der Waals surface area contributed by atoms with Crippen LogP contribution in [0.1, 0.15) is 49.9 Å². The highest BCUT2D eigenvalue weighted by atomic mass is 16.5. The number of aliphatic hydroxyl groups is 1. The lowest BCUT2D eigenvalue weighted by molar-refractivity contribution is -0.140. The molecular formula is C28H36N2O6. The summed E-state index contributed by atoms with van der Waals surface area (Å²) in [6.07, 6.45) is 0.662. The second kappa shape index (κ2) is 11.9. The van der Waals surface area contributed by atoms with Crippen LogP contribution in [0.5, 0.6) is 17.2 Å². The Morgan fingerprint density at radius 3 is 2.42 bits per heavy atom. The average Bonchev–Trinajstić information content (AvgIpc) is 3.13. The Morgan fingerprint density at radius 2 is 1.78 bits per heavy atom. The van der Waals surface area contributed by atoms with Crippen molar-refractivity contribution >= 4 is 17.4 Å². The minimum Gasteiger partial charge on any atom is -0.507 e. The summed E-state index contributed by atoms with van der Waals surface area (Å²) in [6.45, 7) is 11.2. The molecule has 1 fully saturated rings. The summed E-state index contributed by atoms with van der Waals surface area (Å²) in [5, 5.41) is 21.7. The van der Waals surface area contributed by atoms with Crippen LogP contribution < -0.4 is 9.47 Å². The number of methoxy groups -OCH3 is 1. The van der Waals surface area contributed by atoms with Gasteiger partial charge < -0.3 is 29.5 Å². The van der Waals surface area contributed by atoms with Gasteiger partial charge in [-0.3, -0.25) is 9.59 Å². The SMILES string of the molecule is CCOc1ccc(C2/C(=C(\O)c3cc(C)ccc3O)C(=O)C(=O)N2CCCN(CC)CC)cc1OC. The van der Waals surface area contributed by atoms with E-state index in [1.165, 1.54) is 18.1 Å². The fourth-order valence-electron chi connectivity index (χ4n) is 4.58. The van der Waals surface area contributed by atoms with Crippen LogP contribution in [0.15, 0.2) is 42.0 Å². The Balaban J connectivity index is 2.13. The van der Waals surface area contributed by atoms with Crippen molar-refractivity contribution in [3.05, 3.63) is 58.7 Å². The number of carbonyl (C=O) groups excluding carboxylic acids is 2. The van der Waals surface area contributed by atoms with E-state index in [9.17, 15) is 19.8 Å². The van der Waals surface area contributed by atoms with Crippen molar-refractivity contribution in [1.29, 1.82) is 0 Å². The highest BCUT2D eigenvalue weighted by Gasteiger charge is 2.46. The first-order valence-corrected chi connectivity index (χ1v) is 12.4. The first kappa shape index (κ1) is 27.1. The van der Waals surface area contributed by atoms with Gasteiger partial charge in [0.2, 0.25) is 0 Å². The molecule has 1 aliphatic heterocycles. The maximum Gasteiger partial charge on any atom is 0.295 e. The van der Waals surface area contributed by atoms with E-state index >= 15 is 0 Å². The molecule has 1 aliphatic rings. The van der Waals surface area contributed by atoms with Crippen molar-refractivity contribution in [1.82, 2.24) is 9.80 Å². The van der Waals surface area contributed by atoms with Gasteiger partial charge in [0.05, 0.1) is 30.9 Å². The molecule has 2 aromatic carbocycles. The molecule has 36 heavy (non-hydrogen) atoms. The maximum absolute atomic E-state index is 13.3. The molecule has 1 amide bonds. The number of aryl methyl sites for hydroxylation is 1. The summed E-state index contributed by atoms with van der Waals surface area (Å²) < 4.78 is 11.1. The van der Waals surface area contributed by atoms with Crippen LogP contribution in [0.2, 0.25) is 0 Å². The third kappa shape index (κ3) is 5.49. The fraction of sp³-hybridized carbons (Fsp3) is 0.429. The number of ketones is 1. The van der Waals surface area contributed by atoms with Crippen LogP contribution in [-0.4, -0.2) is 71.6 Å². The van der Waals surface area contributed by atoms with E-state index in [2.05, 4.69) is 18.7 Å². The maximum atomic E-state index is 13.3. The third-order valence-corrected chi connectivity index (χ3v) is 6.52. The molecule has 0 bridgehead atoms. The van der Waals surface area contributed by atoms with E-state index in [-0.39, 0.29) is 16.9 Å². The van der Waals surface area contributed by atoms with Crippen molar-refractivity contribution in [2.45, 2.75) is 40.2 Å². The van der Waals surface area contributed by atoms with Crippen molar-refractivity contribution in [2.24, 2.45) is 0 Å². The summed E-state index contributed by atoms with van der Waals surface area (Å²) in [5.74, 6) is -1.04. The molecule has 1 heterocycles. The number of benzene rings is 2. The number of amides is 1. The highest BCUT2D eigenvalue weighted by Crippen LogP contribution is 2.43. The lowest BCUT2D eigenvalue weighted by atomic mass is 9.94. The van der Waals surface area contributed by atoms with Crippen molar-refractivity contribution in [3.63, 3.8) is 0 Å². The minimum atomic E-state index is -0.841. The van der Waals surface area contributed by atoms with E-state index in [1.54, 1.807) is 30.3 Å². The zero-order valence-electron chi connectivity index (χ0n) is 21.7. The molecule has 0 spiro atoms. The van der Waals surface area contributed by atoms with Crippen LogP contribution in [-0.2, 0) is 9.59 Å². The van der Waals surface area contributed by atoms with Crippen LogP contribution >= 0.6 is 0 Å². The second-order valence-electron chi connectivity index (χ2n) is 8.74. The molecule has 2 N–H and O–H groups in total. The molecule has 0 aromatic heterocycles. The lowest BCUT2D eigenvalue weighted by Gasteiger charge is -2.27. The number of aromatic hydroxyl groups is 1. The van der Waals surface area contributed by atoms with Gasteiger partial charge in [-0.2, -0.15) is 0 Å². The van der Waals surface area contributed by atoms with Gasteiger partial charge in [0.15, 0.2) is 11.5 Å². The monoisotopic (exact) mass is 496 g/mol. The minimum absolute atomic E-state index is 0.0602. The Morgan fingerprint density at radius 1 is 1.06 bits per heavy atom. The van der Waals surface area contributed by atoms with Gasteiger partial charge in [-0.1, -0.05) is 31.5 Å². The Hall–Kier alpha value is -3.52. The molecule has 194 valence electrons. The van der Waals surface area contributed by atoms with Crippen molar-refractivity contribution in [2.75, 3.05) is 39.9 Å². The van der Waals surface area contributed by atoms with Crippen LogP contribution in [0, 0.1) is 6.92 Å². The number of phenolic OH excluding ortho intramolecular Hbond substituents is 1. The molecule has 0 aliphatic carbocycles. The zero-order chi connectivity index (χ0) is 26.4. The van der Waals surface area contributed by atoms with Gasteiger partial charge in [-0.25, -0.2) is 0 Å². The third-order valence-electron chi connectivity index (χ3n) is 6.52. The summed E-state index contributed by atoms with van der Waals surface area (Å²) in [4.78, 5) is 30.3. The number of hydrogen-bond donors (Lipinski definition) is 2. The number of carbonyl (C=O) groups is 2. The smallest absolute Gasteiger partial charge is 0.295 e. The molecule has 1 atom stereocenters. The number of phenols is 1. The number of Topliss-reactive ketones (excluding diaryl/α,β-unsaturated/α-hetero) is 1. The molecule has 8 nitrogen and oxygen atoms in total. The molecule has 3 rings (SSSR count). The zero-order valence-corrected chi connectivity index (χ0v) is 21.7. The molecule has 1 unspecified atom stereocenters. The van der Waals surface area contributed by atoms with Gasteiger partial charge in [-0.15, -0.1) is 0 Å². The number of hydrogen-bond acceptors (Lipinski definition) is 7. The van der Waals surface area contributed by atoms with E-state index in [0.717, 1.165) is 25.2 Å². The lowest BCUT2D eigenvalue weighted by Crippen LogP contribution is -2.33. The van der Waals surface area contributed by atoms with Gasteiger partial charge in [0, 0.05) is 6.54 Å². The Bertz CT molecular complexity index is 1140. The molecule has 8 heteroatoms. The number of rotatable bonds is 11. The summed E-state index contributed by atoms with van der Waals surface area (Å²) in [6, 6.07) is 9.14. The molecule has 0 saturated carbocycles. The van der Waals surface area contributed by atoms with Gasteiger partial charge >= 0.3 is 0 Å². The summed E-state index contributed by atoms with van der Waals surface area (Å²) in [7, 11) is 1.52. The number of likely N-dealkylation sites (tertiary alicyclic amines) is 1. The molecule has 0 radical (unpaired) electrons. The standard InChI is InChI=1S/C28H36N2O6/c1-6-29(7-2)14-9-15-30-25(19-11-13-22(36-8-3)23(17-19)35-5)24(27(33)28(30)34)26(32)20-16-18(4)10-12-21(20)31/h10-13,16-17,25,31-32H,6-9,14-15H2,1-5H3/b26-24+. The van der Waals surface area contributed by atoms with Crippen molar-refractivity contribution in [3.8, 4) is 17.2 Å². The second-order valence-corrected chi connectivity index (χ2v) is 8.74. The first-order valence-electron chi connectivity index (χ1n) is 12.4. The number of ether oxygens (including phenoxy) is 2. The molecule has 2 aromatic rings. The Labute approximate surface area is 212 Å².